The van der Waals surface area contributed by atoms with E-state index in [1.54, 1.807) is 6.07 Å². The number of hydrogen-bond acceptors (Lipinski definition) is 1. The van der Waals surface area contributed by atoms with Crippen molar-refractivity contribution in [2.75, 3.05) is 6.54 Å². The minimum absolute atomic E-state index is 0.113. The van der Waals surface area contributed by atoms with Gasteiger partial charge >= 0.3 is 6.03 Å². The first kappa shape index (κ1) is 12.9. The fourth-order valence-corrected chi connectivity index (χ4v) is 2.32. The van der Waals surface area contributed by atoms with Gasteiger partial charge in [0.05, 0.1) is 0 Å². The molecule has 1 saturated carbocycles. The van der Waals surface area contributed by atoms with Crippen LogP contribution < -0.4 is 10.6 Å². The molecule has 0 heterocycles. The largest absolute Gasteiger partial charge is 0.338 e. The molecule has 0 radical (unpaired) electrons. The van der Waals surface area contributed by atoms with Crippen molar-refractivity contribution in [3.8, 4) is 0 Å². The van der Waals surface area contributed by atoms with Crippen molar-refractivity contribution >= 4 is 6.03 Å². The molecule has 4 heteroatoms. The molecule has 0 unspecified atom stereocenters. The highest BCUT2D eigenvalue weighted by Gasteiger charge is 2.16. The average Bonchev–Trinajstić information content (AvgIpc) is 2.82. The number of hydrogen-bond donors (Lipinski definition) is 2. The van der Waals surface area contributed by atoms with E-state index in [1.807, 2.05) is 6.07 Å². The smallest absolute Gasteiger partial charge is 0.315 e. The lowest BCUT2D eigenvalue weighted by Crippen LogP contribution is -2.41. The van der Waals surface area contributed by atoms with E-state index in [9.17, 15) is 9.18 Å². The van der Waals surface area contributed by atoms with E-state index in [2.05, 4.69) is 10.6 Å². The molecule has 1 aliphatic rings. The van der Waals surface area contributed by atoms with E-state index in [0.29, 0.717) is 19.0 Å². The number of carbonyl (C=O) groups excluding carboxylic acids is 1. The van der Waals surface area contributed by atoms with Crippen LogP contribution in [0.3, 0.4) is 0 Å². The Morgan fingerprint density at radius 3 is 2.83 bits per heavy atom. The average molecular weight is 250 g/mol. The number of nitrogens with one attached hydrogen (secondary N) is 2. The maximum Gasteiger partial charge on any atom is 0.315 e. The van der Waals surface area contributed by atoms with Gasteiger partial charge < -0.3 is 10.6 Å². The van der Waals surface area contributed by atoms with Crippen LogP contribution in [0.15, 0.2) is 24.3 Å². The second-order valence-electron chi connectivity index (χ2n) is 4.76. The summed E-state index contributed by atoms with van der Waals surface area (Å²) in [6.07, 6.45) is 5.22. The van der Waals surface area contributed by atoms with Gasteiger partial charge in [-0.05, 0) is 37.0 Å². The summed E-state index contributed by atoms with van der Waals surface area (Å²) in [5.41, 5.74) is 0.899. The molecule has 0 saturated heterocycles. The van der Waals surface area contributed by atoms with E-state index >= 15 is 0 Å². The van der Waals surface area contributed by atoms with Gasteiger partial charge in [0.2, 0.25) is 0 Å². The van der Waals surface area contributed by atoms with Crippen molar-refractivity contribution in [1.29, 1.82) is 0 Å². The van der Waals surface area contributed by atoms with Crippen molar-refractivity contribution in [2.24, 2.45) is 0 Å². The SMILES string of the molecule is O=C(NCCc1cccc(F)c1)NC1CCCC1. The van der Waals surface area contributed by atoms with Crippen LogP contribution in [0.25, 0.3) is 0 Å². The lowest BCUT2D eigenvalue weighted by molar-refractivity contribution is 0.237. The highest BCUT2D eigenvalue weighted by Crippen LogP contribution is 2.17. The quantitative estimate of drug-likeness (QED) is 0.847. The summed E-state index contributed by atoms with van der Waals surface area (Å²) in [5, 5.41) is 5.76. The molecule has 0 spiro atoms. The molecular formula is C14H19FN2O. The van der Waals surface area contributed by atoms with Crippen LogP contribution in [-0.4, -0.2) is 18.6 Å². The van der Waals surface area contributed by atoms with Crippen LogP contribution in [0, 0.1) is 5.82 Å². The molecule has 2 rings (SSSR count). The second kappa shape index (κ2) is 6.38. The second-order valence-corrected chi connectivity index (χ2v) is 4.76. The van der Waals surface area contributed by atoms with E-state index in [1.165, 1.54) is 25.0 Å². The van der Waals surface area contributed by atoms with Gasteiger partial charge in [0, 0.05) is 12.6 Å². The van der Waals surface area contributed by atoms with Crippen molar-refractivity contribution < 1.29 is 9.18 Å². The van der Waals surface area contributed by atoms with Gasteiger partial charge in [-0.15, -0.1) is 0 Å². The zero-order chi connectivity index (χ0) is 12.8. The number of halogens is 1. The van der Waals surface area contributed by atoms with Gasteiger partial charge in [0.1, 0.15) is 5.82 Å². The highest BCUT2D eigenvalue weighted by molar-refractivity contribution is 5.74. The summed E-state index contributed by atoms with van der Waals surface area (Å²) in [7, 11) is 0. The number of rotatable bonds is 4. The highest BCUT2D eigenvalue weighted by atomic mass is 19.1. The molecule has 98 valence electrons. The molecule has 0 aliphatic heterocycles. The molecule has 0 atom stereocenters. The first-order chi connectivity index (χ1) is 8.74. The van der Waals surface area contributed by atoms with Gasteiger partial charge in [0.25, 0.3) is 0 Å². The Hall–Kier alpha value is -1.58. The number of benzene rings is 1. The Morgan fingerprint density at radius 2 is 2.11 bits per heavy atom. The number of amides is 2. The summed E-state index contributed by atoms with van der Waals surface area (Å²) in [5.74, 6) is -0.233. The van der Waals surface area contributed by atoms with Gasteiger partial charge in [-0.2, -0.15) is 0 Å². The minimum atomic E-state index is -0.233. The Bertz CT molecular complexity index is 403. The Balaban J connectivity index is 1.66. The van der Waals surface area contributed by atoms with Crippen LogP contribution in [0.2, 0.25) is 0 Å². The molecule has 1 aromatic rings. The van der Waals surface area contributed by atoms with Crippen molar-refractivity contribution in [1.82, 2.24) is 10.6 Å². The fourth-order valence-electron chi connectivity index (χ4n) is 2.32. The van der Waals surface area contributed by atoms with Crippen molar-refractivity contribution in [3.63, 3.8) is 0 Å². The predicted octanol–water partition coefficient (Wildman–Crippen LogP) is 2.61. The third kappa shape index (κ3) is 4.02. The van der Waals surface area contributed by atoms with Crippen LogP contribution in [0.4, 0.5) is 9.18 Å². The summed E-state index contributed by atoms with van der Waals surface area (Å²) in [6, 6.07) is 6.68. The monoisotopic (exact) mass is 250 g/mol. The number of urea groups is 1. The third-order valence-electron chi connectivity index (χ3n) is 3.28. The third-order valence-corrected chi connectivity index (χ3v) is 3.28. The Labute approximate surface area is 107 Å². The van der Waals surface area contributed by atoms with Gasteiger partial charge in [-0.1, -0.05) is 25.0 Å². The summed E-state index contributed by atoms with van der Waals surface area (Å²) >= 11 is 0. The molecule has 18 heavy (non-hydrogen) atoms. The molecule has 1 fully saturated rings. The van der Waals surface area contributed by atoms with Gasteiger partial charge in [-0.3, -0.25) is 0 Å². The first-order valence-corrected chi connectivity index (χ1v) is 6.53. The first-order valence-electron chi connectivity index (χ1n) is 6.53. The maximum atomic E-state index is 12.9. The number of carbonyl (C=O) groups is 1. The molecule has 3 nitrogen and oxygen atoms in total. The molecule has 2 N–H and O–H groups in total. The van der Waals surface area contributed by atoms with Crippen LogP contribution in [-0.2, 0) is 6.42 Å². The minimum Gasteiger partial charge on any atom is -0.338 e. The molecule has 1 aromatic carbocycles. The normalized spacial score (nSPS) is 15.6. The van der Waals surface area contributed by atoms with E-state index in [4.69, 9.17) is 0 Å². The zero-order valence-electron chi connectivity index (χ0n) is 10.4. The molecule has 2 amide bonds. The maximum absolute atomic E-state index is 12.9. The van der Waals surface area contributed by atoms with E-state index in [-0.39, 0.29) is 11.8 Å². The van der Waals surface area contributed by atoms with E-state index in [0.717, 1.165) is 18.4 Å². The van der Waals surface area contributed by atoms with Crippen LogP contribution in [0.5, 0.6) is 0 Å². The van der Waals surface area contributed by atoms with Crippen molar-refractivity contribution in [2.45, 2.75) is 38.1 Å². The predicted molar refractivity (Wildman–Crippen MR) is 68.9 cm³/mol. The summed E-state index contributed by atoms with van der Waals surface area (Å²) in [4.78, 5) is 11.6. The lowest BCUT2D eigenvalue weighted by atomic mass is 10.1. The van der Waals surface area contributed by atoms with Crippen molar-refractivity contribution in [3.05, 3.63) is 35.6 Å². The standard InChI is InChI=1S/C14H19FN2O/c15-12-5-3-4-11(10-12)8-9-16-14(18)17-13-6-1-2-7-13/h3-5,10,13H,1-2,6-9H2,(H2,16,17,18). The summed E-state index contributed by atoms with van der Waals surface area (Å²) in [6.45, 7) is 0.530. The topological polar surface area (TPSA) is 41.1 Å². The Kier molecular flexibility index (Phi) is 4.56. The van der Waals surface area contributed by atoms with Gasteiger partial charge in [-0.25, -0.2) is 9.18 Å². The zero-order valence-corrected chi connectivity index (χ0v) is 10.4. The van der Waals surface area contributed by atoms with Crippen LogP contribution >= 0.6 is 0 Å². The van der Waals surface area contributed by atoms with Crippen LogP contribution in [0.1, 0.15) is 31.2 Å². The fraction of sp³-hybridized carbons (Fsp3) is 0.500. The molecule has 0 bridgehead atoms. The molecule has 0 aromatic heterocycles. The lowest BCUT2D eigenvalue weighted by Gasteiger charge is -2.12. The van der Waals surface area contributed by atoms with E-state index < -0.39 is 0 Å². The Morgan fingerprint density at radius 1 is 1.33 bits per heavy atom. The van der Waals surface area contributed by atoms with Gasteiger partial charge in [0.15, 0.2) is 0 Å². The molecular weight excluding hydrogens is 231 g/mol. The summed E-state index contributed by atoms with van der Waals surface area (Å²) < 4.78 is 12.9. The molecule has 1 aliphatic carbocycles.